The highest BCUT2D eigenvalue weighted by molar-refractivity contribution is 5.11. The zero-order valence-corrected chi connectivity index (χ0v) is 12.6. The van der Waals surface area contributed by atoms with Crippen LogP contribution in [0.25, 0.3) is 0 Å². The van der Waals surface area contributed by atoms with E-state index in [9.17, 15) is 0 Å². The van der Waals surface area contributed by atoms with Gasteiger partial charge in [-0.05, 0) is 51.6 Å². The summed E-state index contributed by atoms with van der Waals surface area (Å²) >= 11 is 0. The lowest BCUT2D eigenvalue weighted by molar-refractivity contribution is 0.0300. The molecule has 0 bridgehead atoms. The topological polar surface area (TPSA) is 32.5 Å². The van der Waals surface area contributed by atoms with E-state index in [0.717, 1.165) is 18.6 Å². The van der Waals surface area contributed by atoms with Gasteiger partial charge in [0.15, 0.2) is 0 Å². The minimum absolute atomic E-state index is 0.316. The average Bonchev–Trinajstić information content (AvgIpc) is 3.21. The molecule has 2 saturated heterocycles. The molecule has 3 heteroatoms. The summed E-state index contributed by atoms with van der Waals surface area (Å²) in [5, 5.41) is 0. The second-order valence-electron chi connectivity index (χ2n) is 6.88. The maximum atomic E-state index is 6.35. The Kier molecular flexibility index (Phi) is 4.16. The molecule has 1 saturated carbocycles. The molecule has 2 N–H and O–H groups in total. The molecule has 0 radical (unpaired) electrons. The van der Waals surface area contributed by atoms with Crippen molar-refractivity contribution < 1.29 is 0 Å². The van der Waals surface area contributed by atoms with Crippen molar-refractivity contribution in [2.75, 3.05) is 26.2 Å². The third-order valence-corrected chi connectivity index (χ3v) is 5.73. The van der Waals surface area contributed by atoms with Crippen LogP contribution in [0.1, 0.15) is 58.3 Å². The van der Waals surface area contributed by atoms with E-state index in [4.69, 9.17) is 5.73 Å². The van der Waals surface area contributed by atoms with Crippen LogP contribution in [-0.4, -0.2) is 53.6 Å². The van der Waals surface area contributed by atoms with E-state index in [-0.39, 0.29) is 0 Å². The Morgan fingerprint density at radius 2 is 2.05 bits per heavy atom. The zero-order valence-electron chi connectivity index (χ0n) is 12.6. The number of hydrogen-bond donors (Lipinski definition) is 1. The van der Waals surface area contributed by atoms with Gasteiger partial charge in [-0.1, -0.05) is 19.8 Å². The molecule has 0 aromatic carbocycles. The molecule has 3 rings (SSSR count). The Morgan fingerprint density at radius 3 is 2.74 bits per heavy atom. The minimum atomic E-state index is 0.316. The third kappa shape index (κ3) is 2.45. The van der Waals surface area contributed by atoms with E-state index in [2.05, 4.69) is 16.7 Å². The first-order valence-corrected chi connectivity index (χ1v) is 8.52. The molecule has 0 aromatic rings. The van der Waals surface area contributed by atoms with Gasteiger partial charge in [0, 0.05) is 25.2 Å². The molecule has 1 aliphatic carbocycles. The summed E-state index contributed by atoms with van der Waals surface area (Å²) in [4.78, 5) is 5.60. The molecule has 3 nitrogen and oxygen atoms in total. The van der Waals surface area contributed by atoms with E-state index in [1.54, 1.807) is 0 Å². The third-order valence-electron chi connectivity index (χ3n) is 5.73. The molecule has 0 spiro atoms. The van der Waals surface area contributed by atoms with Gasteiger partial charge in [0.1, 0.15) is 0 Å². The number of fused-ring (bicyclic) bond motifs is 1. The van der Waals surface area contributed by atoms with Crippen LogP contribution in [0.5, 0.6) is 0 Å². The highest BCUT2D eigenvalue weighted by Gasteiger charge is 2.53. The lowest BCUT2D eigenvalue weighted by Crippen LogP contribution is -2.62. The molecule has 2 unspecified atom stereocenters. The molecule has 2 aliphatic heterocycles. The first-order valence-electron chi connectivity index (χ1n) is 8.52. The largest absolute Gasteiger partial charge is 0.329 e. The van der Waals surface area contributed by atoms with Gasteiger partial charge < -0.3 is 5.73 Å². The summed E-state index contributed by atoms with van der Waals surface area (Å²) < 4.78 is 0. The predicted molar refractivity (Wildman–Crippen MR) is 80.3 cm³/mol. The van der Waals surface area contributed by atoms with Crippen LogP contribution in [-0.2, 0) is 0 Å². The van der Waals surface area contributed by atoms with Crippen LogP contribution in [0.2, 0.25) is 0 Å². The molecular formula is C16H31N3. The normalized spacial score (nSPS) is 35.8. The minimum Gasteiger partial charge on any atom is -0.329 e. The Balaban J connectivity index is 1.79. The van der Waals surface area contributed by atoms with Gasteiger partial charge in [0.25, 0.3) is 0 Å². The molecule has 0 aromatic heterocycles. The van der Waals surface area contributed by atoms with Crippen LogP contribution in [0.15, 0.2) is 0 Å². The summed E-state index contributed by atoms with van der Waals surface area (Å²) in [6, 6.07) is 1.61. The highest BCUT2D eigenvalue weighted by atomic mass is 15.3. The first kappa shape index (κ1) is 13.8. The van der Waals surface area contributed by atoms with Crippen LogP contribution in [0, 0.1) is 0 Å². The van der Waals surface area contributed by atoms with Gasteiger partial charge in [-0.15, -0.1) is 0 Å². The molecule has 2 atom stereocenters. The van der Waals surface area contributed by atoms with Gasteiger partial charge in [0.05, 0.1) is 5.54 Å². The second kappa shape index (κ2) is 5.71. The van der Waals surface area contributed by atoms with Gasteiger partial charge in [-0.3, -0.25) is 9.80 Å². The van der Waals surface area contributed by atoms with Crippen molar-refractivity contribution >= 4 is 0 Å². The number of hydrogen-bond acceptors (Lipinski definition) is 3. The van der Waals surface area contributed by atoms with Crippen LogP contribution >= 0.6 is 0 Å². The van der Waals surface area contributed by atoms with Crippen molar-refractivity contribution in [3.8, 4) is 0 Å². The summed E-state index contributed by atoms with van der Waals surface area (Å²) in [7, 11) is 0. The lowest BCUT2D eigenvalue weighted by Gasteiger charge is -2.48. The number of unbranched alkanes of at least 4 members (excludes halogenated alkanes) is 1. The van der Waals surface area contributed by atoms with E-state index in [1.165, 1.54) is 71.0 Å². The van der Waals surface area contributed by atoms with Crippen molar-refractivity contribution in [3.05, 3.63) is 0 Å². The standard InChI is InChI=1S/C16H31N3/c1-2-3-11-19(14-7-8-14)16(13-17)9-12-18-10-5-4-6-15(16)18/h14-15H,2-13,17H2,1H3. The van der Waals surface area contributed by atoms with Gasteiger partial charge >= 0.3 is 0 Å². The van der Waals surface area contributed by atoms with Crippen LogP contribution < -0.4 is 5.73 Å². The van der Waals surface area contributed by atoms with Crippen molar-refractivity contribution in [1.29, 1.82) is 0 Å². The van der Waals surface area contributed by atoms with Crippen molar-refractivity contribution in [2.24, 2.45) is 5.73 Å². The van der Waals surface area contributed by atoms with E-state index >= 15 is 0 Å². The molecular weight excluding hydrogens is 234 g/mol. The summed E-state index contributed by atoms with van der Waals surface area (Å²) in [6.07, 6.45) is 11.0. The van der Waals surface area contributed by atoms with E-state index in [1.807, 2.05) is 0 Å². The van der Waals surface area contributed by atoms with E-state index < -0.39 is 0 Å². The molecule has 110 valence electrons. The predicted octanol–water partition coefficient (Wildman–Crippen LogP) is 2.21. The van der Waals surface area contributed by atoms with Gasteiger partial charge in [-0.25, -0.2) is 0 Å². The fraction of sp³-hybridized carbons (Fsp3) is 1.00. The van der Waals surface area contributed by atoms with Crippen molar-refractivity contribution in [3.63, 3.8) is 0 Å². The number of nitrogens with two attached hydrogens (primary N) is 1. The fourth-order valence-electron chi connectivity index (χ4n) is 4.54. The Hall–Kier alpha value is -0.120. The molecule has 19 heavy (non-hydrogen) atoms. The molecule has 3 fully saturated rings. The molecule has 2 heterocycles. The quantitative estimate of drug-likeness (QED) is 0.799. The maximum absolute atomic E-state index is 6.35. The van der Waals surface area contributed by atoms with Gasteiger partial charge in [0.2, 0.25) is 0 Å². The summed E-state index contributed by atoms with van der Waals surface area (Å²) in [6.45, 7) is 7.06. The average molecular weight is 265 g/mol. The lowest BCUT2D eigenvalue weighted by atomic mass is 9.83. The monoisotopic (exact) mass is 265 g/mol. The fourth-order valence-corrected chi connectivity index (χ4v) is 4.54. The Labute approximate surface area is 118 Å². The SMILES string of the molecule is CCCCN(C1CC1)C1(CN)CCN2CCCCC21. The number of nitrogens with zero attached hydrogens (tertiary/aromatic N) is 2. The second-order valence-corrected chi connectivity index (χ2v) is 6.88. The maximum Gasteiger partial charge on any atom is 0.0501 e. The molecule has 0 amide bonds. The zero-order chi connectivity index (χ0) is 13.3. The number of rotatable bonds is 6. The summed E-state index contributed by atoms with van der Waals surface area (Å²) in [5.41, 5.74) is 6.66. The van der Waals surface area contributed by atoms with Gasteiger partial charge in [-0.2, -0.15) is 0 Å². The van der Waals surface area contributed by atoms with Crippen molar-refractivity contribution in [1.82, 2.24) is 9.80 Å². The van der Waals surface area contributed by atoms with E-state index in [0.29, 0.717) is 5.54 Å². The Bertz CT molecular complexity index is 302. The summed E-state index contributed by atoms with van der Waals surface area (Å²) in [5.74, 6) is 0. The van der Waals surface area contributed by atoms with Crippen LogP contribution in [0.4, 0.5) is 0 Å². The first-order chi connectivity index (χ1) is 9.31. The highest BCUT2D eigenvalue weighted by Crippen LogP contribution is 2.43. The number of piperidine rings is 1. The van der Waals surface area contributed by atoms with Crippen molar-refractivity contribution in [2.45, 2.75) is 75.9 Å². The molecule has 3 aliphatic rings. The smallest absolute Gasteiger partial charge is 0.0501 e. The van der Waals surface area contributed by atoms with Crippen LogP contribution in [0.3, 0.4) is 0 Å². The Morgan fingerprint density at radius 1 is 1.21 bits per heavy atom.